The standard InChI is InChI=1S/C11H14FN5O5/c1-10(21)6(19)4(2-18)22-11(10,12)17-3-14-5-7(17)15-9(13)16-8(5)20/h3-4,6,18-19,21H,2H2,1H3,(H3,13,15,16,20)/t4-,6-,10-,11+/m1/s1. The molecule has 22 heavy (non-hydrogen) atoms. The van der Waals surface area contributed by atoms with Gasteiger partial charge in [-0.05, 0) is 6.92 Å². The fourth-order valence-electron chi connectivity index (χ4n) is 2.50. The summed E-state index contributed by atoms with van der Waals surface area (Å²) < 4.78 is 21.0. The number of halogens is 1. The van der Waals surface area contributed by atoms with Gasteiger partial charge < -0.3 is 25.8 Å². The number of hydrogen-bond donors (Lipinski definition) is 5. The fourth-order valence-corrected chi connectivity index (χ4v) is 2.50. The Hall–Kier alpha value is -2.08. The zero-order valence-corrected chi connectivity index (χ0v) is 11.4. The predicted octanol–water partition coefficient (Wildman–Crippen LogP) is -2.22. The number of H-pyrrole nitrogens is 1. The van der Waals surface area contributed by atoms with Crippen molar-refractivity contribution in [2.75, 3.05) is 12.3 Å². The van der Waals surface area contributed by atoms with Crippen molar-refractivity contribution in [3.8, 4) is 0 Å². The van der Waals surface area contributed by atoms with Crippen LogP contribution in [0.3, 0.4) is 0 Å². The molecule has 0 saturated carbocycles. The summed E-state index contributed by atoms with van der Waals surface area (Å²) in [6.07, 6.45) is -2.18. The van der Waals surface area contributed by atoms with Crippen LogP contribution in [0.15, 0.2) is 11.1 Å². The number of fused-ring (bicyclic) bond motifs is 1. The highest BCUT2D eigenvalue weighted by Crippen LogP contribution is 2.45. The van der Waals surface area contributed by atoms with Gasteiger partial charge in [-0.1, -0.05) is 0 Å². The van der Waals surface area contributed by atoms with Gasteiger partial charge in [0.15, 0.2) is 16.8 Å². The van der Waals surface area contributed by atoms with Gasteiger partial charge in [-0.2, -0.15) is 9.37 Å². The SMILES string of the molecule is C[C@@]1(O)[C@H](O)[C@@H](CO)O[C@@]1(F)n1cnc2c(=O)[nH]c(N)nc21. The van der Waals surface area contributed by atoms with Crippen molar-refractivity contribution in [1.29, 1.82) is 0 Å². The van der Waals surface area contributed by atoms with Crippen LogP contribution in [0.1, 0.15) is 6.92 Å². The maximum absolute atomic E-state index is 15.3. The summed E-state index contributed by atoms with van der Waals surface area (Å²) in [5.41, 5.74) is 1.82. The second-order valence-corrected chi connectivity index (χ2v) is 5.23. The summed E-state index contributed by atoms with van der Waals surface area (Å²) in [6.45, 7) is 0.279. The summed E-state index contributed by atoms with van der Waals surface area (Å²) in [4.78, 5) is 21.4. The number of aromatic nitrogens is 4. The van der Waals surface area contributed by atoms with E-state index < -0.39 is 36.0 Å². The third-order valence-electron chi connectivity index (χ3n) is 3.78. The Morgan fingerprint density at radius 3 is 2.91 bits per heavy atom. The molecular weight excluding hydrogens is 301 g/mol. The predicted molar refractivity (Wildman–Crippen MR) is 70.2 cm³/mol. The van der Waals surface area contributed by atoms with E-state index in [0.717, 1.165) is 13.3 Å². The van der Waals surface area contributed by atoms with E-state index in [1.54, 1.807) is 0 Å². The highest BCUT2D eigenvalue weighted by Gasteiger charge is 2.65. The molecule has 0 aliphatic carbocycles. The number of alkyl halides is 1. The van der Waals surface area contributed by atoms with Crippen LogP contribution < -0.4 is 11.3 Å². The average Bonchev–Trinajstić information content (AvgIpc) is 2.93. The number of aromatic amines is 1. The Labute approximate surface area is 122 Å². The van der Waals surface area contributed by atoms with Crippen LogP contribution >= 0.6 is 0 Å². The molecule has 2 aromatic rings. The van der Waals surface area contributed by atoms with E-state index >= 15 is 4.39 Å². The monoisotopic (exact) mass is 315 g/mol. The Bertz CT molecular complexity index is 789. The van der Waals surface area contributed by atoms with Gasteiger partial charge in [0.2, 0.25) is 5.95 Å². The number of aliphatic hydroxyl groups is 3. The van der Waals surface area contributed by atoms with E-state index in [1.165, 1.54) is 0 Å². The van der Waals surface area contributed by atoms with Gasteiger partial charge in [-0.25, -0.2) is 4.98 Å². The molecular formula is C11H14FN5O5. The molecule has 3 rings (SSSR count). The van der Waals surface area contributed by atoms with Crippen molar-refractivity contribution in [2.24, 2.45) is 0 Å². The Morgan fingerprint density at radius 2 is 2.32 bits per heavy atom. The molecule has 1 aliphatic heterocycles. The van der Waals surface area contributed by atoms with Crippen LogP contribution in [-0.2, 0) is 10.7 Å². The highest BCUT2D eigenvalue weighted by atomic mass is 19.2. The molecule has 11 heteroatoms. The number of aliphatic hydroxyl groups excluding tert-OH is 2. The van der Waals surface area contributed by atoms with Crippen molar-refractivity contribution in [2.45, 2.75) is 30.7 Å². The lowest BCUT2D eigenvalue weighted by Gasteiger charge is -2.32. The van der Waals surface area contributed by atoms with Crippen LogP contribution in [0, 0.1) is 0 Å². The van der Waals surface area contributed by atoms with Gasteiger partial charge in [0.1, 0.15) is 18.5 Å². The zero-order valence-electron chi connectivity index (χ0n) is 11.4. The van der Waals surface area contributed by atoms with Crippen molar-refractivity contribution in [3.05, 3.63) is 16.7 Å². The first-order chi connectivity index (χ1) is 10.2. The lowest BCUT2D eigenvalue weighted by molar-refractivity contribution is -0.270. The van der Waals surface area contributed by atoms with Gasteiger partial charge in [-0.3, -0.25) is 14.3 Å². The third kappa shape index (κ3) is 1.70. The first-order valence-corrected chi connectivity index (χ1v) is 6.33. The maximum atomic E-state index is 15.3. The fraction of sp³-hybridized carbons (Fsp3) is 0.545. The van der Waals surface area contributed by atoms with Crippen LogP contribution in [-0.4, -0.2) is 59.3 Å². The summed E-state index contributed by atoms with van der Waals surface area (Å²) in [5.74, 6) is -3.28. The van der Waals surface area contributed by atoms with Gasteiger partial charge >= 0.3 is 5.98 Å². The largest absolute Gasteiger partial charge is 0.394 e. The molecule has 1 saturated heterocycles. The molecule has 4 atom stereocenters. The van der Waals surface area contributed by atoms with Crippen LogP contribution in [0.4, 0.5) is 10.3 Å². The third-order valence-corrected chi connectivity index (χ3v) is 3.78. The van der Waals surface area contributed by atoms with Crippen LogP contribution in [0.2, 0.25) is 0 Å². The number of hydrogen-bond acceptors (Lipinski definition) is 8. The number of rotatable bonds is 2. The van der Waals surface area contributed by atoms with Crippen molar-refractivity contribution < 1.29 is 24.4 Å². The molecule has 1 fully saturated rings. The van der Waals surface area contributed by atoms with Crippen LogP contribution in [0.25, 0.3) is 11.2 Å². The number of nitrogens with zero attached hydrogens (tertiary/aromatic N) is 3. The number of anilines is 1. The average molecular weight is 315 g/mol. The topological polar surface area (TPSA) is 160 Å². The van der Waals surface area contributed by atoms with Gasteiger partial charge in [0.25, 0.3) is 5.56 Å². The number of ether oxygens (including phenoxy) is 1. The Morgan fingerprint density at radius 1 is 1.64 bits per heavy atom. The van der Waals surface area contributed by atoms with E-state index in [1.807, 2.05) is 0 Å². The summed E-state index contributed by atoms with van der Waals surface area (Å²) >= 11 is 0. The second-order valence-electron chi connectivity index (χ2n) is 5.23. The number of nitrogens with one attached hydrogen (secondary N) is 1. The van der Waals surface area contributed by atoms with E-state index in [-0.39, 0.29) is 17.1 Å². The maximum Gasteiger partial charge on any atom is 0.328 e. The molecule has 0 amide bonds. The molecule has 6 N–H and O–H groups in total. The first kappa shape index (κ1) is 14.8. The smallest absolute Gasteiger partial charge is 0.328 e. The molecule has 3 heterocycles. The molecule has 1 aliphatic rings. The number of nitrogens with two attached hydrogens (primary N) is 1. The molecule has 10 nitrogen and oxygen atoms in total. The summed E-state index contributed by atoms with van der Waals surface area (Å²) in [7, 11) is 0. The van der Waals surface area contributed by atoms with E-state index in [0.29, 0.717) is 4.57 Å². The minimum atomic E-state index is -3.00. The van der Waals surface area contributed by atoms with Gasteiger partial charge in [0.05, 0.1) is 6.61 Å². The molecule has 0 radical (unpaired) electrons. The summed E-state index contributed by atoms with van der Waals surface area (Å²) in [5, 5.41) is 29.3. The first-order valence-electron chi connectivity index (χ1n) is 6.33. The lowest BCUT2D eigenvalue weighted by Crippen LogP contribution is -2.53. The van der Waals surface area contributed by atoms with Crippen molar-refractivity contribution in [3.63, 3.8) is 0 Å². The molecule has 0 bridgehead atoms. The minimum Gasteiger partial charge on any atom is -0.394 e. The molecule has 120 valence electrons. The van der Waals surface area contributed by atoms with E-state index in [2.05, 4.69) is 15.0 Å². The molecule has 2 aromatic heterocycles. The quantitative estimate of drug-likeness (QED) is 0.417. The van der Waals surface area contributed by atoms with Gasteiger partial charge in [-0.15, -0.1) is 0 Å². The number of nitrogen functional groups attached to an aromatic ring is 1. The minimum absolute atomic E-state index is 0.215. The molecule has 0 spiro atoms. The zero-order chi connectivity index (χ0) is 16.3. The van der Waals surface area contributed by atoms with Gasteiger partial charge in [0, 0.05) is 0 Å². The molecule has 0 aromatic carbocycles. The summed E-state index contributed by atoms with van der Waals surface area (Å²) in [6, 6.07) is 0. The van der Waals surface area contributed by atoms with Crippen LogP contribution in [0.5, 0.6) is 0 Å². The number of imidazole rings is 1. The highest BCUT2D eigenvalue weighted by molar-refractivity contribution is 5.70. The van der Waals surface area contributed by atoms with E-state index in [4.69, 9.17) is 15.6 Å². The van der Waals surface area contributed by atoms with E-state index in [9.17, 15) is 15.0 Å². The lowest BCUT2D eigenvalue weighted by atomic mass is 9.95. The molecule has 0 unspecified atom stereocenters. The van der Waals surface area contributed by atoms with Crippen molar-refractivity contribution in [1.82, 2.24) is 19.5 Å². The Kier molecular flexibility index (Phi) is 3.01. The Balaban J connectivity index is 2.24. The normalized spacial score (nSPS) is 35.3. The van der Waals surface area contributed by atoms with Crippen molar-refractivity contribution >= 4 is 17.1 Å². The second kappa shape index (κ2) is 4.46.